The summed E-state index contributed by atoms with van der Waals surface area (Å²) in [7, 11) is 0. The first kappa shape index (κ1) is 15.7. The second-order valence-electron chi connectivity index (χ2n) is 5.28. The summed E-state index contributed by atoms with van der Waals surface area (Å²) in [5, 5.41) is 12.3. The maximum atomic E-state index is 11.2. The van der Waals surface area contributed by atoms with Crippen LogP contribution in [0.4, 0.5) is 0 Å². The minimum atomic E-state index is -0.755. The lowest BCUT2D eigenvalue weighted by molar-refractivity contribution is -0.139. The minimum Gasteiger partial charge on any atom is -0.480 e. The number of aliphatic carboxylic acids is 1. The van der Waals surface area contributed by atoms with E-state index in [0.29, 0.717) is 13.0 Å². The van der Waals surface area contributed by atoms with Crippen LogP contribution in [0.15, 0.2) is 12.1 Å². The Morgan fingerprint density at radius 2 is 1.84 bits per heavy atom. The van der Waals surface area contributed by atoms with Crippen LogP contribution in [0.5, 0.6) is 0 Å². The lowest BCUT2D eigenvalue weighted by atomic mass is 10.0. The zero-order valence-corrected chi connectivity index (χ0v) is 12.4. The van der Waals surface area contributed by atoms with Crippen molar-refractivity contribution < 1.29 is 9.90 Å². The van der Waals surface area contributed by atoms with Crippen LogP contribution in [0.3, 0.4) is 0 Å². The van der Waals surface area contributed by atoms with E-state index in [0.717, 1.165) is 12.8 Å². The molecule has 3 heteroatoms. The molecule has 0 heterocycles. The second kappa shape index (κ2) is 7.29. The molecule has 0 saturated heterocycles. The van der Waals surface area contributed by atoms with Crippen LogP contribution < -0.4 is 5.32 Å². The number of carbonyl (C=O) groups is 1. The van der Waals surface area contributed by atoms with Gasteiger partial charge in [-0.2, -0.15) is 0 Å². The zero-order chi connectivity index (χ0) is 14.4. The van der Waals surface area contributed by atoms with Gasteiger partial charge in [-0.15, -0.1) is 0 Å². The molecule has 0 radical (unpaired) electrons. The summed E-state index contributed by atoms with van der Waals surface area (Å²) in [6, 6.07) is 3.87. The van der Waals surface area contributed by atoms with Gasteiger partial charge < -0.3 is 10.4 Å². The van der Waals surface area contributed by atoms with Gasteiger partial charge in [0.1, 0.15) is 6.04 Å². The fourth-order valence-electron chi connectivity index (χ4n) is 2.17. The van der Waals surface area contributed by atoms with Crippen molar-refractivity contribution in [3.8, 4) is 0 Å². The monoisotopic (exact) mass is 263 g/mol. The van der Waals surface area contributed by atoms with Crippen molar-refractivity contribution in [3.05, 3.63) is 34.4 Å². The van der Waals surface area contributed by atoms with Gasteiger partial charge in [0.2, 0.25) is 0 Å². The van der Waals surface area contributed by atoms with Crippen molar-refractivity contribution >= 4 is 5.97 Å². The van der Waals surface area contributed by atoms with Crippen LogP contribution in [0.1, 0.15) is 48.4 Å². The van der Waals surface area contributed by atoms with Crippen molar-refractivity contribution in [3.63, 3.8) is 0 Å². The highest BCUT2D eigenvalue weighted by atomic mass is 16.4. The van der Waals surface area contributed by atoms with Crippen molar-refractivity contribution in [1.29, 1.82) is 0 Å². The number of aryl methyl sites for hydroxylation is 3. The van der Waals surface area contributed by atoms with Crippen molar-refractivity contribution in [2.45, 2.75) is 59.5 Å². The Labute approximate surface area is 116 Å². The highest BCUT2D eigenvalue weighted by Crippen LogP contribution is 2.15. The highest BCUT2D eigenvalue weighted by Gasteiger charge is 2.16. The maximum absolute atomic E-state index is 11.2. The Kier molecular flexibility index (Phi) is 6.03. The van der Waals surface area contributed by atoms with Gasteiger partial charge in [0.25, 0.3) is 0 Å². The van der Waals surface area contributed by atoms with Gasteiger partial charge in [-0.1, -0.05) is 31.9 Å². The SMILES string of the molecule is CCCCC(NCc1cc(C)c(C)cc1C)C(=O)O. The molecule has 0 saturated carbocycles. The molecule has 1 atom stereocenters. The third-order valence-corrected chi connectivity index (χ3v) is 3.64. The molecule has 0 spiro atoms. The third-order valence-electron chi connectivity index (χ3n) is 3.64. The number of hydrogen-bond donors (Lipinski definition) is 2. The normalized spacial score (nSPS) is 12.4. The van der Waals surface area contributed by atoms with E-state index in [4.69, 9.17) is 0 Å². The molecular weight excluding hydrogens is 238 g/mol. The average Bonchev–Trinajstić information content (AvgIpc) is 2.34. The fourth-order valence-corrected chi connectivity index (χ4v) is 2.17. The third kappa shape index (κ3) is 4.67. The lowest BCUT2D eigenvalue weighted by Crippen LogP contribution is -2.36. The molecule has 1 aromatic carbocycles. The number of benzene rings is 1. The minimum absolute atomic E-state index is 0.444. The molecule has 1 aromatic rings. The van der Waals surface area contributed by atoms with E-state index < -0.39 is 12.0 Å². The number of nitrogens with one attached hydrogen (secondary N) is 1. The van der Waals surface area contributed by atoms with E-state index in [-0.39, 0.29) is 0 Å². The van der Waals surface area contributed by atoms with Crippen LogP contribution in [-0.2, 0) is 11.3 Å². The van der Waals surface area contributed by atoms with Gasteiger partial charge in [-0.05, 0) is 49.4 Å². The molecule has 106 valence electrons. The van der Waals surface area contributed by atoms with Gasteiger partial charge in [-0.3, -0.25) is 4.79 Å². The molecule has 0 aliphatic carbocycles. The molecule has 2 N–H and O–H groups in total. The summed E-state index contributed by atoms with van der Waals surface area (Å²) in [6.07, 6.45) is 2.65. The summed E-state index contributed by atoms with van der Waals surface area (Å²) in [5.41, 5.74) is 4.94. The van der Waals surface area contributed by atoms with E-state index in [1.54, 1.807) is 0 Å². The van der Waals surface area contributed by atoms with Crippen LogP contribution in [0.25, 0.3) is 0 Å². The number of carboxylic acids is 1. The van der Waals surface area contributed by atoms with Crippen molar-refractivity contribution in [2.24, 2.45) is 0 Å². The quantitative estimate of drug-likeness (QED) is 0.793. The predicted octanol–water partition coefficient (Wildman–Crippen LogP) is 3.34. The summed E-state index contributed by atoms with van der Waals surface area (Å²) >= 11 is 0. The Balaban J connectivity index is 2.68. The van der Waals surface area contributed by atoms with E-state index in [9.17, 15) is 9.90 Å². The molecule has 0 fully saturated rings. The Morgan fingerprint density at radius 1 is 1.21 bits per heavy atom. The highest BCUT2D eigenvalue weighted by molar-refractivity contribution is 5.73. The Morgan fingerprint density at radius 3 is 2.42 bits per heavy atom. The van der Waals surface area contributed by atoms with Gasteiger partial charge in [0, 0.05) is 6.54 Å². The Bertz CT molecular complexity index is 441. The first-order valence-electron chi connectivity index (χ1n) is 6.98. The molecule has 3 nitrogen and oxygen atoms in total. The van der Waals surface area contributed by atoms with E-state index >= 15 is 0 Å². The topological polar surface area (TPSA) is 49.3 Å². The second-order valence-corrected chi connectivity index (χ2v) is 5.28. The summed E-state index contributed by atoms with van der Waals surface area (Å²) in [5.74, 6) is -0.755. The standard InChI is InChI=1S/C16H25NO2/c1-5-6-7-15(16(18)19)17-10-14-9-12(3)11(2)8-13(14)4/h8-9,15,17H,5-7,10H2,1-4H3,(H,18,19). The van der Waals surface area contributed by atoms with Gasteiger partial charge in [0.15, 0.2) is 0 Å². The van der Waals surface area contributed by atoms with Crippen LogP contribution in [-0.4, -0.2) is 17.1 Å². The largest absolute Gasteiger partial charge is 0.480 e. The van der Waals surface area contributed by atoms with Crippen LogP contribution >= 0.6 is 0 Å². The number of hydrogen-bond acceptors (Lipinski definition) is 2. The molecular formula is C16H25NO2. The summed E-state index contributed by atoms with van der Waals surface area (Å²) < 4.78 is 0. The first-order valence-corrected chi connectivity index (χ1v) is 6.98. The zero-order valence-electron chi connectivity index (χ0n) is 12.4. The first-order chi connectivity index (χ1) is 8.95. The van der Waals surface area contributed by atoms with Crippen LogP contribution in [0, 0.1) is 20.8 Å². The van der Waals surface area contributed by atoms with Crippen molar-refractivity contribution in [2.75, 3.05) is 0 Å². The van der Waals surface area contributed by atoms with Crippen molar-refractivity contribution in [1.82, 2.24) is 5.32 Å². The summed E-state index contributed by atoms with van der Waals surface area (Å²) in [4.78, 5) is 11.2. The van der Waals surface area contributed by atoms with E-state index in [1.165, 1.54) is 22.3 Å². The molecule has 19 heavy (non-hydrogen) atoms. The average molecular weight is 263 g/mol. The summed E-state index contributed by atoms with van der Waals surface area (Å²) in [6.45, 7) is 8.95. The smallest absolute Gasteiger partial charge is 0.320 e. The molecule has 0 aliphatic rings. The molecule has 0 aliphatic heterocycles. The van der Waals surface area contributed by atoms with Gasteiger partial charge in [-0.25, -0.2) is 0 Å². The molecule has 0 bridgehead atoms. The molecule has 1 rings (SSSR count). The maximum Gasteiger partial charge on any atom is 0.320 e. The van der Waals surface area contributed by atoms with Crippen LogP contribution in [0.2, 0.25) is 0 Å². The predicted molar refractivity (Wildman–Crippen MR) is 78.4 cm³/mol. The fraction of sp³-hybridized carbons (Fsp3) is 0.562. The van der Waals surface area contributed by atoms with Gasteiger partial charge >= 0.3 is 5.97 Å². The van der Waals surface area contributed by atoms with E-state index in [1.807, 2.05) is 0 Å². The number of rotatable bonds is 7. The Hall–Kier alpha value is -1.35. The lowest BCUT2D eigenvalue weighted by Gasteiger charge is -2.16. The number of unbranched alkanes of at least 4 members (excludes halogenated alkanes) is 1. The number of carboxylic acid groups (broad SMARTS) is 1. The molecule has 0 aromatic heterocycles. The molecule has 0 amide bonds. The molecule has 1 unspecified atom stereocenters. The van der Waals surface area contributed by atoms with Gasteiger partial charge in [0.05, 0.1) is 0 Å². The van der Waals surface area contributed by atoms with E-state index in [2.05, 4.69) is 45.1 Å².